The van der Waals surface area contributed by atoms with E-state index >= 15 is 0 Å². The Morgan fingerprint density at radius 1 is 1.03 bits per heavy atom. The molecular weight excluding hydrogens is 477 g/mol. The molecule has 1 unspecified atom stereocenters. The fourth-order valence-corrected chi connectivity index (χ4v) is 4.37. The summed E-state index contributed by atoms with van der Waals surface area (Å²) < 4.78 is 30.8. The van der Waals surface area contributed by atoms with Gasteiger partial charge in [-0.3, -0.25) is 9.59 Å². The fraction of sp³-hybridized carbons (Fsp3) is 0.214. The number of nitrogens with two attached hydrogens (primary N) is 1. The van der Waals surface area contributed by atoms with E-state index in [0.717, 1.165) is 11.3 Å². The minimum absolute atomic E-state index is 0.290. The third kappa shape index (κ3) is 4.55. The van der Waals surface area contributed by atoms with E-state index in [2.05, 4.69) is 5.32 Å². The van der Waals surface area contributed by atoms with Gasteiger partial charge in [0.1, 0.15) is 22.7 Å². The van der Waals surface area contributed by atoms with Gasteiger partial charge in [0.2, 0.25) is 11.8 Å². The van der Waals surface area contributed by atoms with Crippen LogP contribution in [0.1, 0.15) is 12.8 Å². The molecule has 3 N–H and O–H groups in total. The summed E-state index contributed by atoms with van der Waals surface area (Å²) in [5.41, 5.74) is 6.44. The monoisotopic (exact) mass is 503 g/mol. The number of primary amides is 1. The summed E-state index contributed by atoms with van der Waals surface area (Å²) >= 11 is 0. The van der Waals surface area contributed by atoms with Crippen molar-refractivity contribution in [3.05, 3.63) is 102 Å². The SMILES string of the molecule is COC1=CC2=C(Oc3ccc(NC(=O)C4(C(N)=O)CC4)cc3)C=CN(c3ccc(F)cc3)C2C=C1OC. The lowest BCUT2D eigenvalue weighted by atomic mass is 9.94. The van der Waals surface area contributed by atoms with Crippen molar-refractivity contribution in [1.82, 2.24) is 0 Å². The highest BCUT2D eigenvalue weighted by molar-refractivity contribution is 6.12. The minimum atomic E-state index is -1.10. The first-order valence-electron chi connectivity index (χ1n) is 11.7. The van der Waals surface area contributed by atoms with Gasteiger partial charge in [0.05, 0.1) is 20.3 Å². The van der Waals surface area contributed by atoms with Crippen LogP contribution in [-0.4, -0.2) is 32.1 Å². The number of fused-ring (bicyclic) bond motifs is 1. The number of ether oxygens (including phenoxy) is 3. The van der Waals surface area contributed by atoms with E-state index in [9.17, 15) is 14.0 Å². The van der Waals surface area contributed by atoms with Gasteiger partial charge in [0.25, 0.3) is 0 Å². The number of halogens is 1. The second-order valence-electron chi connectivity index (χ2n) is 8.94. The summed E-state index contributed by atoms with van der Waals surface area (Å²) in [7, 11) is 3.13. The Morgan fingerprint density at radius 2 is 1.70 bits per heavy atom. The quantitative estimate of drug-likeness (QED) is 0.525. The normalized spacial score (nSPS) is 19.3. The van der Waals surface area contributed by atoms with Gasteiger partial charge in [-0.05, 0) is 79.6 Å². The number of carbonyl (C=O) groups is 2. The lowest BCUT2D eigenvalue weighted by Crippen LogP contribution is -2.36. The van der Waals surface area contributed by atoms with Crippen LogP contribution in [0.5, 0.6) is 5.75 Å². The summed E-state index contributed by atoms with van der Waals surface area (Å²) in [5.74, 6) is 0.944. The minimum Gasteiger partial charge on any atom is -0.493 e. The molecule has 1 aliphatic heterocycles. The summed E-state index contributed by atoms with van der Waals surface area (Å²) in [4.78, 5) is 26.0. The van der Waals surface area contributed by atoms with Gasteiger partial charge in [0.15, 0.2) is 11.5 Å². The number of carbonyl (C=O) groups excluding carboxylic acids is 2. The van der Waals surface area contributed by atoms with Crippen LogP contribution < -0.4 is 20.7 Å². The average molecular weight is 504 g/mol. The maximum Gasteiger partial charge on any atom is 0.240 e. The van der Waals surface area contributed by atoms with Crippen molar-refractivity contribution in [2.75, 3.05) is 24.4 Å². The predicted octanol–water partition coefficient (Wildman–Crippen LogP) is 4.14. The molecule has 2 aliphatic carbocycles. The molecule has 0 aromatic heterocycles. The van der Waals surface area contributed by atoms with E-state index < -0.39 is 17.2 Å². The molecule has 8 nitrogen and oxygen atoms in total. The molecule has 2 aromatic carbocycles. The lowest BCUT2D eigenvalue weighted by molar-refractivity contribution is -0.132. The van der Waals surface area contributed by atoms with Gasteiger partial charge in [-0.25, -0.2) is 4.39 Å². The van der Waals surface area contributed by atoms with Crippen LogP contribution in [-0.2, 0) is 19.1 Å². The summed E-state index contributed by atoms with van der Waals surface area (Å²) in [6.07, 6.45) is 8.38. The van der Waals surface area contributed by atoms with Gasteiger partial charge >= 0.3 is 0 Å². The molecule has 1 heterocycles. The maximum atomic E-state index is 13.5. The molecule has 0 spiro atoms. The molecule has 1 saturated carbocycles. The summed E-state index contributed by atoms with van der Waals surface area (Å²) in [5, 5.41) is 2.75. The number of rotatable bonds is 8. The molecule has 1 atom stereocenters. The topological polar surface area (TPSA) is 103 Å². The van der Waals surface area contributed by atoms with E-state index in [1.165, 1.54) is 12.1 Å². The van der Waals surface area contributed by atoms with E-state index in [-0.39, 0.29) is 11.9 Å². The second-order valence-corrected chi connectivity index (χ2v) is 8.94. The van der Waals surface area contributed by atoms with Gasteiger partial charge in [-0.2, -0.15) is 0 Å². The molecule has 3 aliphatic rings. The number of nitrogens with one attached hydrogen (secondary N) is 1. The van der Waals surface area contributed by atoms with E-state index in [0.29, 0.717) is 41.6 Å². The molecule has 2 aromatic rings. The third-order valence-corrected chi connectivity index (χ3v) is 6.69. The summed E-state index contributed by atoms with van der Waals surface area (Å²) in [6.45, 7) is 0. The van der Waals surface area contributed by atoms with E-state index in [1.807, 2.05) is 29.3 Å². The Hall–Kier alpha value is -4.53. The van der Waals surface area contributed by atoms with Crippen molar-refractivity contribution in [3.8, 4) is 5.75 Å². The number of allylic oxidation sites excluding steroid dienone is 1. The fourth-order valence-electron chi connectivity index (χ4n) is 4.37. The highest BCUT2D eigenvalue weighted by Crippen LogP contribution is 2.46. The number of methoxy groups -OCH3 is 2. The van der Waals surface area contributed by atoms with Gasteiger partial charge < -0.3 is 30.2 Å². The third-order valence-electron chi connectivity index (χ3n) is 6.69. The first kappa shape index (κ1) is 24.2. The Kier molecular flexibility index (Phi) is 6.20. The van der Waals surface area contributed by atoms with Crippen LogP contribution in [0.25, 0.3) is 0 Å². The molecule has 37 heavy (non-hydrogen) atoms. The highest BCUT2D eigenvalue weighted by atomic mass is 19.1. The second kappa shape index (κ2) is 9.50. The highest BCUT2D eigenvalue weighted by Gasteiger charge is 2.55. The van der Waals surface area contributed by atoms with E-state index in [4.69, 9.17) is 19.9 Å². The lowest BCUT2D eigenvalue weighted by Gasteiger charge is -2.36. The van der Waals surface area contributed by atoms with Crippen molar-refractivity contribution in [2.24, 2.45) is 11.1 Å². The number of anilines is 2. The van der Waals surface area contributed by atoms with Crippen molar-refractivity contribution in [3.63, 3.8) is 0 Å². The molecule has 2 amide bonds. The molecular formula is C28H26FN3O5. The molecule has 9 heteroatoms. The Labute approximate surface area is 213 Å². The zero-order chi connectivity index (χ0) is 26.2. The number of hydrogen-bond acceptors (Lipinski definition) is 6. The van der Waals surface area contributed by atoms with Crippen molar-refractivity contribution >= 4 is 23.2 Å². The molecule has 0 radical (unpaired) electrons. The Bertz CT molecular complexity index is 1360. The zero-order valence-electron chi connectivity index (χ0n) is 20.4. The number of benzene rings is 2. The van der Waals surface area contributed by atoms with Crippen LogP contribution in [0.3, 0.4) is 0 Å². The molecule has 0 bridgehead atoms. The first-order valence-corrected chi connectivity index (χ1v) is 11.7. The van der Waals surface area contributed by atoms with Gasteiger partial charge in [-0.15, -0.1) is 0 Å². The van der Waals surface area contributed by atoms with Crippen molar-refractivity contribution in [2.45, 2.75) is 18.9 Å². The van der Waals surface area contributed by atoms with Crippen LogP contribution in [0.2, 0.25) is 0 Å². The van der Waals surface area contributed by atoms with Crippen LogP contribution in [0.15, 0.2) is 95.8 Å². The van der Waals surface area contributed by atoms with Crippen molar-refractivity contribution in [1.29, 1.82) is 0 Å². The first-order chi connectivity index (χ1) is 17.8. The van der Waals surface area contributed by atoms with E-state index in [1.54, 1.807) is 50.6 Å². The molecule has 5 rings (SSSR count). The van der Waals surface area contributed by atoms with Crippen LogP contribution in [0, 0.1) is 11.2 Å². The summed E-state index contributed by atoms with van der Waals surface area (Å²) in [6, 6.07) is 12.8. The largest absolute Gasteiger partial charge is 0.493 e. The zero-order valence-corrected chi connectivity index (χ0v) is 20.4. The average Bonchev–Trinajstić information content (AvgIpc) is 3.72. The van der Waals surface area contributed by atoms with Crippen LogP contribution in [0.4, 0.5) is 15.8 Å². The molecule has 1 fully saturated rings. The maximum absolute atomic E-state index is 13.5. The predicted molar refractivity (Wildman–Crippen MR) is 136 cm³/mol. The number of nitrogens with zero attached hydrogens (tertiary/aromatic N) is 1. The van der Waals surface area contributed by atoms with Crippen LogP contribution >= 0.6 is 0 Å². The Balaban J connectivity index is 1.40. The van der Waals surface area contributed by atoms with Gasteiger partial charge in [0, 0.05) is 23.1 Å². The number of hydrogen-bond donors (Lipinski definition) is 2. The number of amides is 2. The van der Waals surface area contributed by atoms with Gasteiger partial charge in [-0.1, -0.05) is 0 Å². The Morgan fingerprint density at radius 3 is 2.30 bits per heavy atom. The standard InChI is InChI=1S/C28H26FN3O5/c1-35-24-15-21-22(16-25(24)36-2)32(19-7-3-17(29)4-8-19)14-11-23(21)37-20-9-5-18(6-10-20)31-27(34)28(12-13-28)26(30)33/h3-11,14-16,22H,12-13H2,1-2H3,(H2,30,33)(H,31,34). The molecule has 0 saturated heterocycles. The smallest absolute Gasteiger partial charge is 0.240 e. The molecule has 190 valence electrons. The van der Waals surface area contributed by atoms with Crippen molar-refractivity contribution < 1.29 is 28.2 Å².